The van der Waals surface area contributed by atoms with E-state index in [2.05, 4.69) is 4.98 Å². The summed E-state index contributed by atoms with van der Waals surface area (Å²) >= 11 is 0. The van der Waals surface area contributed by atoms with Gasteiger partial charge in [-0.3, -0.25) is 9.59 Å². The lowest BCUT2D eigenvalue weighted by Gasteiger charge is -2.24. The van der Waals surface area contributed by atoms with Crippen LogP contribution in [0.15, 0.2) is 12.1 Å². The van der Waals surface area contributed by atoms with Crippen LogP contribution in [0.25, 0.3) is 0 Å². The van der Waals surface area contributed by atoms with Gasteiger partial charge in [0.25, 0.3) is 5.91 Å². The van der Waals surface area contributed by atoms with Crippen molar-refractivity contribution >= 4 is 11.9 Å². The first kappa shape index (κ1) is 18.2. The second-order valence-electron chi connectivity index (χ2n) is 5.63. The largest absolute Gasteiger partial charge is 0.481 e. The van der Waals surface area contributed by atoms with Crippen LogP contribution in [0.4, 0.5) is 13.2 Å². The minimum atomic E-state index is -4.59. The van der Waals surface area contributed by atoms with Gasteiger partial charge < -0.3 is 14.7 Å². The van der Waals surface area contributed by atoms with Crippen LogP contribution in [0.2, 0.25) is 0 Å². The van der Waals surface area contributed by atoms with Crippen LogP contribution in [-0.2, 0) is 15.7 Å². The third-order valence-electron chi connectivity index (χ3n) is 3.99. The van der Waals surface area contributed by atoms with Gasteiger partial charge >= 0.3 is 12.1 Å². The number of rotatable bonds is 4. The average molecular weight is 346 g/mol. The molecule has 9 heteroatoms. The summed E-state index contributed by atoms with van der Waals surface area (Å²) in [7, 11) is 1.46. The van der Waals surface area contributed by atoms with Gasteiger partial charge in [0.05, 0.1) is 23.8 Å². The van der Waals surface area contributed by atoms with Gasteiger partial charge in [0, 0.05) is 19.7 Å². The van der Waals surface area contributed by atoms with E-state index in [0.29, 0.717) is 6.42 Å². The lowest BCUT2D eigenvalue weighted by molar-refractivity contribution is -0.141. The van der Waals surface area contributed by atoms with E-state index in [9.17, 15) is 22.8 Å². The van der Waals surface area contributed by atoms with Crippen molar-refractivity contribution in [1.82, 2.24) is 9.88 Å². The molecule has 1 amide bonds. The molecule has 1 aliphatic rings. The molecule has 2 unspecified atom stereocenters. The number of aromatic nitrogens is 1. The number of hydrogen-bond acceptors (Lipinski definition) is 4. The number of methoxy groups -OCH3 is 1. The van der Waals surface area contributed by atoms with Gasteiger partial charge in [-0.25, -0.2) is 4.98 Å². The molecule has 0 spiro atoms. The van der Waals surface area contributed by atoms with Crippen LogP contribution in [-0.4, -0.2) is 52.7 Å². The summed E-state index contributed by atoms with van der Waals surface area (Å²) in [4.78, 5) is 28.4. The van der Waals surface area contributed by atoms with Crippen LogP contribution in [0.5, 0.6) is 0 Å². The normalized spacial score (nSPS) is 21.1. The van der Waals surface area contributed by atoms with Gasteiger partial charge in [-0.2, -0.15) is 13.2 Å². The number of carbonyl (C=O) groups excluding carboxylic acids is 1. The van der Waals surface area contributed by atoms with Crippen molar-refractivity contribution in [1.29, 1.82) is 0 Å². The molecule has 1 aromatic heterocycles. The Hall–Kier alpha value is -2.16. The minimum absolute atomic E-state index is 0.0233. The number of amides is 1. The standard InChI is InChI=1S/C15H17F3N2O4/c1-8-11(3-4-12(19-8)15(16,17)18)14(23)20-7-10(24-2)5-9(20)6-13(21)22/h3-4,9-10H,5-7H2,1-2H3,(H,21,22). The van der Waals surface area contributed by atoms with Crippen LogP contribution < -0.4 is 0 Å². The highest BCUT2D eigenvalue weighted by Crippen LogP contribution is 2.29. The first-order chi connectivity index (χ1) is 11.1. The fraction of sp³-hybridized carbons (Fsp3) is 0.533. The second-order valence-corrected chi connectivity index (χ2v) is 5.63. The van der Waals surface area contributed by atoms with Crippen LogP contribution >= 0.6 is 0 Å². The zero-order chi connectivity index (χ0) is 18.1. The van der Waals surface area contributed by atoms with Gasteiger partial charge in [0.15, 0.2) is 0 Å². The minimum Gasteiger partial charge on any atom is -0.481 e. The molecule has 132 valence electrons. The summed E-state index contributed by atoms with van der Waals surface area (Å²) in [5.41, 5.74) is -1.10. The molecule has 0 aromatic carbocycles. The topological polar surface area (TPSA) is 79.7 Å². The molecule has 0 bridgehead atoms. The van der Waals surface area contributed by atoms with Gasteiger partial charge in [0.1, 0.15) is 5.69 Å². The quantitative estimate of drug-likeness (QED) is 0.903. The maximum absolute atomic E-state index is 12.7. The summed E-state index contributed by atoms with van der Waals surface area (Å²) in [6, 6.07) is 1.25. The summed E-state index contributed by atoms with van der Waals surface area (Å²) < 4.78 is 43.2. The lowest BCUT2D eigenvalue weighted by atomic mass is 10.1. The number of aliphatic carboxylic acids is 1. The van der Waals surface area contributed by atoms with E-state index in [1.165, 1.54) is 18.9 Å². The zero-order valence-corrected chi connectivity index (χ0v) is 13.1. The molecule has 0 saturated carbocycles. The Kier molecular flexibility index (Phi) is 5.12. The monoisotopic (exact) mass is 346 g/mol. The molecule has 2 rings (SSSR count). The molecule has 2 heterocycles. The number of halogens is 3. The fourth-order valence-corrected chi connectivity index (χ4v) is 2.79. The molecule has 1 saturated heterocycles. The number of carboxylic acid groups (broad SMARTS) is 1. The molecular formula is C15H17F3N2O4. The summed E-state index contributed by atoms with van der Waals surface area (Å²) in [6.45, 7) is 1.51. The molecule has 24 heavy (non-hydrogen) atoms. The van der Waals surface area contributed by atoms with Gasteiger partial charge in [0.2, 0.25) is 0 Å². The van der Waals surface area contributed by atoms with Gasteiger partial charge in [-0.05, 0) is 25.5 Å². The van der Waals surface area contributed by atoms with Gasteiger partial charge in [-0.1, -0.05) is 0 Å². The van der Waals surface area contributed by atoms with Crippen LogP contribution in [0.3, 0.4) is 0 Å². The molecule has 6 nitrogen and oxygen atoms in total. The number of carbonyl (C=O) groups is 2. The molecule has 2 atom stereocenters. The van der Waals surface area contributed by atoms with E-state index in [4.69, 9.17) is 9.84 Å². The number of carboxylic acids is 1. The number of hydrogen-bond donors (Lipinski definition) is 1. The highest BCUT2D eigenvalue weighted by molar-refractivity contribution is 5.96. The van der Waals surface area contributed by atoms with Crippen molar-refractivity contribution in [3.63, 3.8) is 0 Å². The molecule has 1 fully saturated rings. The van der Waals surface area contributed by atoms with Crippen LogP contribution in [0, 0.1) is 6.92 Å². The van der Waals surface area contributed by atoms with Crippen molar-refractivity contribution in [3.05, 3.63) is 29.1 Å². The zero-order valence-electron chi connectivity index (χ0n) is 13.1. The smallest absolute Gasteiger partial charge is 0.433 e. The fourth-order valence-electron chi connectivity index (χ4n) is 2.79. The van der Waals surface area contributed by atoms with E-state index in [-0.39, 0.29) is 30.3 Å². The maximum atomic E-state index is 12.7. The molecule has 1 aromatic rings. The summed E-state index contributed by atoms with van der Waals surface area (Å²) in [5.74, 6) is -1.60. The van der Waals surface area contributed by atoms with Crippen molar-refractivity contribution < 1.29 is 32.6 Å². The Morgan fingerprint density at radius 3 is 2.58 bits per heavy atom. The Morgan fingerprint density at radius 2 is 2.08 bits per heavy atom. The first-order valence-electron chi connectivity index (χ1n) is 7.24. The Balaban J connectivity index is 2.28. The summed E-state index contributed by atoms with van der Waals surface area (Å²) in [6.07, 6.45) is -4.78. The highest BCUT2D eigenvalue weighted by atomic mass is 19.4. The van der Waals surface area contributed by atoms with E-state index in [0.717, 1.165) is 12.1 Å². The third kappa shape index (κ3) is 3.84. The molecular weight excluding hydrogens is 329 g/mol. The maximum Gasteiger partial charge on any atom is 0.433 e. The third-order valence-corrected chi connectivity index (χ3v) is 3.99. The Morgan fingerprint density at radius 1 is 1.42 bits per heavy atom. The van der Waals surface area contributed by atoms with Crippen molar-refractivity contribution in [3.8, 4) is 0 Å². The second kappa shape index (κ2) is 6.76. The first-order valence-corrected chi connectivity index (χ1v) is 7.24. The molecule has 0 radical (unpaired) electrons. The number of aryl methyl sites for hydroxylation is 1. The lowest BCUT2D eigenvalue weighted by Crippen LogP contribution is -2.37. The Bertz CT molecular complexity index is 648. The van der Waals surface area contributed by atoms with E-state index < -0.39 is 29.8 Å². The van der Waals surface area contributed by atoms with E-state index in [1.54, 1.807) is 0 Å². The average Bonchev–Trinajstić information content (AvgIpc) is 2.87. The highest BCUT2D eigenvalue weighted by Gasteiger charge is 2.38. The van der Waals surface area contributed by atoms with E-state index >= 15 is 0 Å². The van der Waals surface area contributed by atoms with Gasteiger partial charge in [-0.15, -0.1) is 0 Å². The molecule has 1 N–H and O–H groups in total. The Labute approximate surface area is 136 Å². The number of pyridine rings is 1. The summed E-state index contributed by atoms with van der Waals surface area (Å²) in [5, 5.41) is 8.97. The van der Waals surface area contributed by atoms with E-state index in [1.807, 2.05) is 0 Å². The van der Waals surface area contributed by atoms with Crippen molar-refractivity contribution in [2.75, 3.05) is 13.7 Å². The predicted octanol–water partition coefficient (Wildman–Crippen LogP) is 2.11. The number of ether oxygens (including phenoxy) is 1. The van der Waals surface area contributed by atoms with Crippen LogP contribution in [0.1, 0.15) is 34.6 Å². The molecule has 1 aliphatic heterocycles. The molecule has 0 aliphatic carbocycles. The number of nitrogens with zero attached hydrogens (tertiary/aromatic N) is 2. The predicted molar refractivity (Wildman–Crippen MR) is 76.5 cm³/mol. The van der Waals surface area contributed by atoms with Crippen molar-refractivity contribution in [2.45, 2.75) is 38.1 Å². The SMILES string of the molecule is COC1CC(CC(=O)O)N(C(=O)c2ccc(C(F)(F)F)nc2C)C1. The number of alkyl halides is 3. The number of likely N-dealkylation sites (tertiary alicyclic amines) is 1. The van der Waals surface area contributed by atoms with Crippen molar-refractivity contribution in [2.24, 2.45) is 0 Å².